The first-order chi connectivity index (χ1) is 12.9. The van der Waals surface area contributed by atoms with Crippen LogP contribution in [0.1, 0.15) is 43.4 Å². The Labute approximate surface area is 178 Å². The van der Waals surface area contributed by atoms with Crippen LogP contribution in [0.2, 0.25) is 0 Å². The first-order valence-corrected chi connectivity index (χ1v) is 9.68. The zero-order valence-electron chi connectivity index (χ0n) is 16.0. The lowest BCUT2D eigenvalue weighted by atomic mass is 10.2. The van der Waals surface area contributed by atoms with Crippen LogP contribution in [0.5, 0.6) is 0 Å². The highest BCUT2D eigenvalue weighted by Gasteiger charge is 2.30. The number of hydrogen-bond donors (Lipinski definition) is 1. The average Bonchev–Trinajstić information content (AvgIpc) is 2.94. The molecule has 0 atom stereocenters. The highest BCUT2D eigenvalue weighted by molar-refractivity contribution is 6.66. The van der Waals surface area contributed by atoms with Crippen molar-refractivity contribution >= 4 is 57.9 Å². The molecule has 0 fully saturated rings. The summed E-state index contributed by atoms with van der Waals surface area (Å²) in [5.74, 6) is -0.247. The number of imidazole rings is 1. The number of hydrogen-bond acceptors (Lipinski definition) is 5. The number of benzene rings is 1. The molecular weight excluding hydrogens is 429 g/mol. The average molecular weight is 451 g/mol. The maximum atomic E-state index is 11.8. The summed E-state index contributed by atoms with van der Waals surface area (Å²) in [5, 5.41) is 2.68. The van der Waals surface area contributed by atoms with Gasteiger partial charge in [-0.25, -0.2) is 14.6 Å². The molecule has 7 nitrogen and oxygen atoms in total. The molecule has 0 radical (unpaired) electrons. The van der Waals surface area contributed by atoms with Crippen molar-refractivity contribution in [2.24, 2.45) is 0 Å². The Kier molecular flexibility index (Phi) is 7.07. The van der Waals surface area contributed by atoms with Crippen molar-refractivity contribution in [3.8, 4) is 0 Å². The van der Waals surface area contributed by atoms with Gasteiger partial charge in [-0.3, -0.25) is 0 Å². The molecule has 0 aliphatic carbocycles. The fraction of sp³-hybridized carbons (Fsp3) is 0.500. The van der Waals surface area contributed by atoms with Crippen molar-refractivity contribution in [3.63, 3.8) is 0 Å². The van der Waals surface area contributed by atoms with Gasteiger partial charge in [0, 0.05) is 13.1 Å². The number of methoxy groups -OCH3 is 1. The van der Waals surface area contributed by atoms with Crippen LogP contribution in [0.3, 0.4) is 0 Å². The van der Waals surface area contributed by atoms with Gasteiger partial charge in [0.15, 0.2) is 5.82 Å². The van der Waals surface area contributed by atoms with Crippen LogP contribution in [-0.4, -0.2) is 40.9 Å². The van der Waals surface area contributed by atoms with Gasteiger partial charge < -0.3 is 19.4 Å². The number of alkyl carbamates (subject to hydrolysis) is 1. The first kappa shape index (κ1) is 22.6. The summed E-state index contributed by atoms with van der Waals surface area (Å²) < 4.78 is 9.92. The van der Waals surface area contributed by atoms with Gasteiger partial charge in [0.2, 0.25) is 3.79 Å². The number of fused-ring (bicyclic) bond motifs is 1. The molecule has 0 saturated carbocycles. The number of carbonyl (C=O) groups is 2. The second-order valence-corrected chi connectivity index (χ2v) is 9.34. The summed E-state index contributed by atoms with van der Waals surface area (Å²) in [6.45, 7) is 6.12. The Bertz CT molecular complexity index is 869. The molecule has 1 amide bonds. The number of alkyl halides is 3. The van der Waals surface area contributed by atoms with E-state index >= 15 is 0 Å². The largest absolute Gasteiger partial charge is 0.465 e. The van der Waals surface area contributed by atoms with Gasteiger partial charge in [0.1, 0.15) is 5.60 Å². The van der Waals surface area contributed by atoms with E-state index in [4.69, 9.17) is 44.3 Å². The predicted molar refractivity (Wildman–Crippen MR) is 109 cm³/mol. The van der Waals surface area contributed by atoms with E-state index in [2.05, 4.69) is 10.3 Å². The number of nitrogens with one attached hydrogen (secondary N) is 1. The van der Waals surface area contributed by atoms with Crippen molar-refractivity contribution in [1.82, 2.24) is 14.9 Å². The number of esters is 1. The zero-order valence-corrected chi connectivity index (χ0v) is 18.3. The number of ether oxygens (including phenoxy) is 2. The second-order valence-electron chi connectivity index (χ2n) is 7.06. The molecule has 2 aromatic rings. The quantitative estimate of drug-likeness (QED) is 0.410. The Morgan fingerprint density at radius 3 is 2.46 bits per heavy atom. The summed E-state index contributed by atoms with van der Waals surface area (Å²) in [5.41, 5.74) is 0.992. The van der Waals surface area contributed by atoms with Gasteiger partial charge in [0.25, 0.3) is 0 Å². The molecule has 154 valence electrons. The van der Waals surface area contributed by atoms with Crippen molar-refractivity contribution in [1.29, 1.82) is 0 Å². The van der Waals surface area contributed by atoms with Gasteiger partial charge in [-0.2, -0.15) is 0 Å². The summed E-state index contributed by atoms with van der Waals surface area (Å²) in [6.07, 6.45) is 0.0264. The third-order valence-corrected chi connectivity index (χ3v) is 4.16. The Morgan fingerprint density at radius 1 is 1.21 bits per heavy atom. The lowest BCUT2D eigenvalue weighted by Gasteiger charge is -2.20. The third-order valence-electron chi connectivity index (χ3n) is 3.65. The monoisotopic (exact) mass is 449 g/mol. The minimum Gasteiger partial charge on any atom is -0.465 e. The maximum absolute atomic E-state index is 11.8. The molecule has 2 rings (SSSR count). The number of aryl methyl sites for hydroxylation is 1. The number of rotatable bonds is 5. The summed E-state index contributed by atoms with van der Waals surface area (Å²) in [7, 11) is 1.30. The van der Waals surface area contributed by atoms with Gasteiger partial charge in [-0.15, -0.1) is 0 Å². The Balaban J connectivity index is 2.21. The molecule has 0 aliphatic heterocycles. The fourth-order valence-corrected chi connectivity index (χ4v) is 2.98. The van der Waals surface area contributed by atoms with Crippen LogP contribution in [-0.2, 0) is 19.8 Å². The molecule has 10 heteroatoms. The topological polar surface area (TPSA) is 82.5 Å². The lowest BCUT2D eigenvalue weighted by molar-refractivity contribution is 0.0525. The smallest absolute Gasteiger partial charge is 0.407 e. The van der Waals surface area contributed by atoms with Crippen molar-refractivity contribution in [3.05, 3.63) is 29.6 Å². The molecule has 1 aromatic heterocycles. The van der Waals surface area contributed by atoms with Crippen LogP contribution in [0, 0.1) is 0 Å². The van der Waals surface area contributed by atoms with E-state index in [9.17, 15) is 9.59 Å². The molecule has 0 bridgehead atoms. The van der Waals surface area contributed by atoms with Crippen LogP contribution in [0.25, 0.3) is 11.0 Å². The van der Waals surface area contributed by atoms with E-state index < -0.39 is 21.5 Å². The molecule has 0 aliphatic rings. The molecular formula is C18H22Cl3N3O4. The predicted octanol–water partition coefficient (Wildman–Crippen LogP) is 4.56. The van der Waals surface area contributed by atoms with Crippen molar-refractivity contribution < 1.29 is 19.1 Å². The molecule has 0 unspecified atom stereocenters. The molecule has 28 heavy (non-hydrogen) atoms. The van der Waals surface area contributed by atoms with E-state index in [0.717, 1.165) is 0 Å². The Hall–Kier alpha value is -1.70. The molecule has 0 saturated heterocycles. The minimum atomic E-state index is -1.75. The number of halogens is 3. The number of nitrogens with zero attached hydrogens (tertiary/aromatic N) is 2. The van der Waals surface area contributed by atoms with Gasteiger partial charge in [-0.05, 0) is 45.4 Å². The maximum Gasteiger partial charge on any atom is 0.407 e. The molecule has 1 heterocycles. The van der Waals surface area contributed by atoms with Crippen LogP contribution in [0.15, 0.2) is 18.2 Å². The van der Waals surface area contributed by atoms with Crippen LogP contribution in [0.4, 0.5) is 4.79 Å². The minimum absolute atomic E-state index is 0.229. The highest BCUT2D eigenvalue weighted by atomic mass is 35.6. The van der Waals surface area contributed by atoms with Gasteiger partial charge >= 0.3 is 12.1 Å². The normalized spacial score (nSPS) is 12.1. The van der Waals surface area contributed by atoms with Crippen molar-refractivity contribution in [2.75, 3.05) is 13.7 Å². The second kappa shape index (κ2) is 8.76. The van der Waals surface area contributed by atoms with Crippen LogP contribution >= 0.6 is 34.8 Å². The Morgan fingerprint density at radius 2 is 1.89 bits per heavy atom. The van der Waals surface area contributed by atoms with E-state index in [1.54, 1.807) is 43.5 Å². The standard InChI is InChI=1S/C18H22Cl3N3O4/c1-17(2,3)28-16(26)22-8-5-9-24-13-10-11(14(25)27-4)6-7-12(13)23-15(24)18(19,20)21/h6-7,10H,5,8-9H2,1-4H3,(H,22,26). The van der Waals surface area contributed by atoms with E-state index in [1.807, 2.05) is 0 Å². The van der Waals surface area contributed by atoms with E-state index in [0.29, 0.717) is 36.1 Å². The highest BCUT2D eigenvalue weighted by Crippen LogP contribution is 2.39. The fourth-order valence-electron chi connectivity index (χ4n) is 2.55. The molecule has 1 aromatic carbocycles. The summed E-state index contributed by atoms with van der Waals surface area (Å²) in [6, 6.07) is 4.89. The third kappa shape index (κ3) is 5.90. The number of aromatic nitrogens is 2. The van der Waals surface area contributed by atoms with Crippen molar-refractivity contribution in [2.45, 2.75) is 43.1 Å². The SMILES string of the molecule is COC(=O)c1ccc2nc(C(Cl)(Cl)Cl)n(CCCNC(=O)OC(C)(C)C)c2c1. The lowest BCUT2D eigenvalue weighted by Crippen LogP contribution is -2.33. The zero-order chi connectivity index (χ0) is 21.1. The summed E-state index contributed by atoms with van der Waals surface area (Å²) in [4.78, 5) is 27.9. The summed E-state index contributed by atoms with van der Waals surface area (Å²) >= 11 is 18.2. The van der Waals surface area contributed by atoms with Gasteiger partial charge in [-0.1, -0.05) is 34.8 Å². The van der Waals surface area contributed by atoms with E-state index in [-0.39, 0.29) is 5.82 Å². The van der Waals surface area contributed by atoms with E-state index in [1.165, 1.54) is 7.11 Å². The van der Waals surface area contributed by atoms with Gasteiger partial charge in [0.05, 0.1) is 23.7 Å². The van der Waals surface area contributed by atoms with Crippen LogP contribution < -0.4 is 5.32 Å². The molecule has 1 N–H and O–H groups in total. The molecule has 0 spiro atoms. The number of amides is 1. The number of carbonyl (C=O) groups excluding carboxylic acids is 2. The first-order valence-electron chi connectivity index (χ1n) is 8.55.